The molecule has 96 valence electrons. The minimum atomic E-state index is -0.657. The van der Waals surface area contributed by atoms with Gasteiger partial charge in [-0.05, 0) is 32.4 Å². The van der Waals surface area contributed by atoms with Crippen molar-refractivity contribution in [3.8, 4) is 11.5 Å². The number of rotatable bonds is 5. The zero-order chi connectivity index (χ0) is 13.0. The Morgan fingerprint density at radius 2 is 1.94 bits per heavy atom. The van der Waals surface area contributed by atoms with Crippen LogP contribution in [0.1, 0.15) is 20.3 Å². The van der Waals surface area contributed by atoms with Crippen LogP contribution in [-0.4, -0.2) is 26.7 Å². The van der Waals surface area contributed by atoms with Crippen molar-refractivity contribution >= 4 is 11.8 Å². The molecule has 0 fully saturated rings. The van der Waals surface area contributed by atoms with Crippen molar-refractivity contribution in [1.29, 1.82) is 0 Å². The van der Waals surface area contributed by atoms with Gasteiger partial charge in [-0.2, -0.15) is 0 Å². The molecule has 4 nitrogen and oxygen atoms in total. The van der Waals surface area contributed by atoms with Gasteiger partial charge in [0.15, 0.2) is 0 Å². The average Bonchev–Trinajstić information content (AvgIpc) is 2.77. The molecule has 0 aliphatic heterocycles. The second-order valence-electron chi connectivity index (χ2n) is 4.65. The van der Waals surface area contributed by atoms with E-state index in [1.807, 2.05) is 30.3 Å². The van der Waals surface area contributed by atoms with Crippen molar-refractivity contribution in [2.45, 2.75) is 31.1 Å². The van der Waals surface area contributed by atoms with E-state index in [1.165, 1.54) is 11.8 Å². The number of nitrogens with zero attached hydrogens (tertiary/aromatic N) is 2. The van der Waals surface area contributed by atoms with E-state index >= 15 is 0 Å². The fraction of sp³-hybridized carbons (Fsp3) is 0.385. The summed E-state index contributed by atoms with van der Waals surface area (Å²) in [5.41, 5.74) is 0.259. The quantitative estimate of drug-likeness (QED) is 0.841. The smallest absolute Gasteiger partial charge is 0.276 e. The van der Waals surface area contributed by atoms with Crippen molar-refractivity contribution in [2.24, 2.45) is 0 Å². The maximum absolute atomic E-state index is 9.60. The van der Waals surface area contributed by atoms with Gasteiger partial charge >= 0.3 is 0 Å². The molecule has 0 aliphatic rings. The summed E-state index contributed by atoms with van der Waals surface area (Å²) < 4.78 is 5.54. The summed E-state index contributed by atoms with van der Waals surface area (Å²) in [5.74, 6) is 1.28. The van der Waals surface area contributed by atoms with Crippen LogP contribution in [0.15, 0.2) is 40.0 Å². The summed E-state index contributed by atoms with van der Waals surface area (Å²) in [6.45, 7) is 3.58. The van der Waals surface area contributed by atoms with E-state index in [4.69, 9.17) is 4.42 Å². The van der Waals surface area contributed by atoms with Gasteiger partial charge in [0.1, 0.15) is 0 Å². The lowest BCUT2D eigenvalue weighted by Crippen LogP contribution is -2.18. The second-order valence-corrected chi connectivity index (χ2v) is 5.70. The molecule has 1 heterocycles. The molecule has 0 saturated heterocycles. The van der Waals surface area contributed by atoms with Crippen molar-refractivity contribution < 1.29 is 9.52 Å². The standard InChI is InChI=1S/C13H16N2O2S/c1-13(2,16)8-9-18-12-15-14-11(17-12)10-6-4-3-5-7-10/h3-7,16H,8-9H2,1-2H3. The highest BCUT2D eigenvalue weighted by Crippen LogP contribution is 2.24. The number of thioether (sulfide) groups is 1. The first kappa shape index (κ1) is 13.1. The number of hydrogen-bond acceptors (Lipinski definition) is 5. The largest absolute Gasteiger partial charge is 0.411 e. The Balaban J connectivity index is 1.95. The number of hydrogen-bond donors (Lipinski definition) is 1. The molecule has 0 bridgehead atoms. The third-order valence-electron chi connectivity index (χ3n) is 2.37. The maximum Gasteiger partial charge on any atom is 0.276 e. The summed E-state index contributed by atoms with van der Waals surface area (Å²) in [6, 6.07) is 9.66. The van der Waals surface area contributed by atoms with Gasteiger partial charge in [0.25, 0.3) is 5.22 Å². The highest BCUT2D eigenvalue weighted by Gasteiger charge is 2.14. The average molecular weight is 264 g/mol. The maximum atomic E-state index is 9.60. The molecule has 0 aliphatic carbocycles. The minimum absolute atomic E-state index is 0.529. The molecule has 0 amide bonds. The summed E-state index contributed by atoms with van der Waals surface area (Å²) >= 11 is 1.46. The molecule has 1 aromatic heterocycles. The Morgan fingerprint density at radius 3 is 2.61 bits per heavy atom. The van der Waals surface area contributed by atoms with Gasteiger partial charge in [-0.15, -0.1) is 10.2 Å². The molecular weight excluding hydrogens is 248 g/mol. The zero-order valence-corrected chi connectivity index (χ0v) is 11.3. The Kier molecular flexibility index (Phi) is 4.04. The third-order valence-corrected chi connectivity index (χ3v) is 3.19. The van der Waals surface area contributed by atoms with E-state index in [2.05, 4.69) is 10.2 Å². The van der Waals surface area contributed by atoms with Crippen molar-refractivity contribution in [2.75, 3.05) is 5.75 Å². The lowest BCUT2D eigenvalue weighted by Gasteiger charge is -2.15. The van der Waals surface area contributed by atoms with Gasteiger partial charge in [-0.3, -0.25) is 0 Å². The van der Waals surface area contributed by atoms with E-state index in [-0.39, 0.29) is 0 Å². The highest BCUT2D eigenvalue weighted by atomic mass is 32.2. The Hall–Kier alpha value is -1.33. The van der Waals surface area contributed by atoms with E-state index in [0.717, 1.165) is 11.3 Å². The van der Waals surface area contributed by atoms with Crippen LogP contribution in [0.4, 0.5) is 0 Å². The molecule has 0 saturated carbocycles. The second kappa shape index (κ2) is 5.54. The van der Waals surface area contributed by atoms with Crippen LogP contribution >= 0.6 is 11.8 Å². The molecular formula is C13H16N2O2S. The molecule has 18 heavy (non-hydrogen) atoms. The Labute approximate surface area is 110 Å². The molecule has 1 N–H and O–H groups in total. The molecule has 0 radical (unpaired) electrons. The Bertz CT molecular complexity index is 491. The normalized spacial score (nSPS) is 11.7. The summed E-state index contributed by atoms with van der Waals surface area (Å²) in [6.07, 6.45) is 0.681. The van der Waals surface area contributed by atoms with Gasteiger partial charge in [-0.1, -0.05) is 30.0 Å². The van der Waals surface area contributed by atoms with Gasteiger partial charge in [0.2, 0.25) is 5.89 Å². The first-order chi connectivity index (χ1) is 8.54. The van der Waals surface area contributed by atoms with E-state index in [9.17, 15) is 5.11 Å². The van der Waals surface area contributed by atoms with Gasteiger partial charge in [0.05, 0.1) is 5.60 Å². The van der Waals surface area contributed by atoms with Crippen LogP contribution < -0.4 is 0 Å². The first-order valence-electron chi connectivity index (χ1n) is 5.79. The van der Waals surface area contributed by atoms with Crippen LogP contribution in [-0.2, 0) is 0 Å². The molecule has 2 aromatic rings. The summed E-state index contributed by atoms with van der Waals surface area (Å²) in [5, 5.41) is 18.1. The topological polar surface area (TPSA) is 59.2 Å². The Morgan fingerprint density at radius 1 is 1.22 bits per heavy atom. The van der Waals surface area contributed by atoms with Crippen LogP contribution in [0.5, 0.6) is 0 Å². The zero-order valence-electron chi connectivity index (χ0n) is 10.5. The van der Waals surface area contributed by atoms with E-state index < -0.39 is 5.60 Å². The summed E-state index contributed by atoms with van der Waals surface area (Å²) in [7, 11) is 0. The number of benzene rings is 1. The SMILES string of the molecule is CC(C)(O)CCSc1nnc(-c2ccccc2)o1. The number of aliphatic hydroxyl groups is 1. The first-order valence-corrected chi connectivity index (χ1v) is 6.77. The van der Waals surface area contributed by atoms with Crippen LogP contribution in [0.25, 0.3) is 11.5 Å². The van der Waals surface area contributed by atoms with E-state index in [0.29, 0.717) is 17.5 Å². The molecule has 1 aromatic carbocycles. The molecule has 0 atom stereocenters. The fourth-order valence-corrected chi connectivity index (χ4v) is 2.37. The minimum Gasteiger partial charge on any atom is -0.411 e. The van der Waals surface area contributed by atoms with Crippen LogP contribution in [0.2, 0.25) is 0 Å². The van der Waals surface area contributed by atoms with Gasteiger partial charge < -0.3 is 9.52 Å². The lowest BCUT2D eigenvalue weighted by molar-refractivity contribution is 0.0777. The van der Waals surface area contributed by atoms with Crippen molar-refractivity contribution in [1.82, 2.24) is 10.2 Å². The number of aromatic nitrogens is 2. The van der Waals surface area contributed by atoms with Gasteiger partial charge in [-0.25, -0.2) is 0 Å². The van der Waals surface area contributed by atoms with Gasteiger partial charge in [0, 0.05) is 11.3 Å². The third kappa shape index (κ3) is 3.85. The highest BCUT2D eigenvalue weighted by molar-refractivity contribution is 7.99. The van der Waals surface area contributed by atoms with Crippen LogP contribution in [0, 0.1) is 0 Å². The summed E-state index contributed by atoms with van der Waals surface area (Å²) in [4.78, 5) is 0. The predicted molar refractivity (Wildman–Crippen MR) is 71.4 cm³/mol. The van der Waals surface area contributed by atoms with Crippen molar-refractivity contribution in [3.63, 3.8) is 0 Å². The molecule has 2 rings (SSSR count). The predicted octanol–water partition coefficient (Wildman–Crippen LogP) is 2.99. The lowest BCUT2D eigenvalue weighted by atomic mass is 10.1. The molecule has 0 spiro atoms. The molecule has 5 heteroatoms. The van der Waals surface area contributed by atoms with Crippen LogP contribution in [0.3, 0.4) is 0 Å². The fourth-order valence-electron chi connectivity index (χ4n) is 1.35. The van der Waals surface area contributed by atoms with Crippen molar-refractivity contribution in [3.05, 3.63) is 30.3 Å². The monoisotopic (exact) mass is 264 g/mol. The van der Waals surface area contributed by atoms with E-state index in [1.54, 1.807) is 13.8 Å². The molecule has 0 unspecified atom stereocenters.